The first kappa shape index (κ1) is 16.6. The average molecular weight is 360 g/mol. The summed E-state index contributed by atoms with van der Waals surface area (Å²) in [5.41, 5.74) is 7.72. The molecule has 1 aromatic carbocycles. The molecule has 3 heterocycles. The van der Waals surface area contributed by atoms with Crippen LogP contribution in [0.1, 0.15) is 11.3 Å². The maximum absolute atomic E-state index is 14.3. The number of imidazole rings is 1. The summed E-state index contributed by atoms with van der Waals surface area (Å²) in [6.45, 7) is 0.283. The van der Waals surface area contributed by atoms with Crippen LogP contribution in [0.3, 0.4) is 0 Å². The number of nitrogens with zero attached hydrogens (tertiary/aromatic N) is 5. The van der Waals surface area contributed by atoms with Gasteiger partial charge in [0.05, 0.1) is 28.4 Å². The fraction of sp³-hybridized carbons (Fsp3) is 0.0556. The van der Waals surface area contributed by atoms with Crippen molar-refractivity contribution < 1.29 is 4.39 Å². The molecule has 0 bridgehead atoms. The van der Waals surface area contributed by atoms with Gasteiger partial charge in [-0.3, -0.25) is 0 Å². The van der Waals surface area contributed by atoms with Crippen LogP contribution in [0, 0.1) is 17.1 Å². The SMILES string of the molecule is N#Cc1cccc(F)c1-c1nc2c(Nc3cc(CN)ncn3)nccc2[nH]1. The molecular formula is C18H13FN8. The lowest BCUT2D eigenvalue weighted by Crippen LogP contribution is -2.03. The number of hydrogen-bond acceptors (Lipinski definition) is 7. The van der Waals surface area contributed by atoms with Crippen LogP contribution < -0.4 is 11.1 Å². The van der Waals surface area contributed by atoms with Crippen LogP contribution in [0.2, 0.25) is 0 Å². The predicted molar refractivity (Wildman–Crippen MR) is 97.2 cm³/mol. The van der Waals surface area contributed by atoms with E-state index in [1.807, 2.05) is 6.07 Å². The van der Waals surface area contributed by atoms with E-state index >= 15 is 0 Å². The number of fused-ring (bicyclic) bond motifs is 1. The van der Waals surface area contributed by atoms with Crippen molar-refractivity contribution in [2.75, 3.05) is 5.32 Å². The molecule has 0 fully saturated rings. The Balaban J connectivity index is 1.81. The van der Waals surface area contributed by atoms with E-state index < -0.39 is 5.82 Å². The van der Waals surface area contributed by atoms with Crippen molar-refractivity contribution in [2.24, 2.45) is 5.73 Å². The van der Waals surface area contributed by atoms with Crippen LogP contribution in [-0.2, 0) is 6.54 Å². The molecule has 0 aliphatic rings. The minimum Gasteiger partial charge on any atom is -0.338 e. The number of hydrogen-bond donors (Lipinski definition) is 3. The lowest BCUT2D eigenvalue weighted by atomic mass is 10.1. The van der Waals surface area contributed by atoms with Crippen LogP contribution in [0.15, 0.2) is 42.9 Å². The van der Waals surface area contributed by atoms with Crippen molar-refractivity contribution in [3.8, 4) is 17.5 Å². The van der Waals surface area contributed by atoms with Crippen molar-refractivity contribution in [3.05, 3.63) is 59.9 Å². The van der Waals surface area contributed by atoms with E-state index in [2.05, 4.69) is 30.2 Å². The highest BCUT2D eigenvalue weighted by Crippen LogP contribution is 2.29. The Bertz CT molecular complexity index is 1180. The monoisotopic (exact) mass is 360 g/mol. The lowest BCUT2D eigenvalue weighted by molar-refractivity contribution is 0.630. The number of nitrogens with one attached hydrogen (secondary N) is 2. The van der Waals surface area contributed by atoms with E-state index in [4.69, 9.17) is 5.73 Å². The zero-order chi connectivity index (χ0) is 18.8. The first-order chi connectivity index (χ1) is 13.2. The third-order valence-corrected chi connectivity index (χ3v) is 3.95. The number of rotatable bonds is 4. The maximum Gasteiger partial charge on any atom is 0.159 e. The molecule has 0 radical (unpaired) electrons. The lowest BCUT2D eigenvalue weighted by Gasteiger charge is -2.05. The summed E-state index contributed by atoms with van der Waals surface area (Å²) < 4.78 is 14.3. The largest absolute Gasteiger partial charge is 0.338 e. The molecular weight excluding hydrogens is 347 g/mol. The number of nitriles is 1. The van der Waals surface area contributed by atoms with Crippen LogP contribution in [0.4, 0.5) is 16.0 Å². The molecule has 0 aliphatic carbocycles. The molecule has 4 N–H and O–H groups in total. The van der Waals surface area contributed by atoms with Gasteiger partial charge in [0.15, 0.2) is 5.82 Å². The van der Waals surface area contributed by atoms with Crippen molar-refractivity contribution in [1.82, 2.24) is 24.9 Å². The minimum absolute atomic E-state index is 0.120. The topological polar surface area (TPSA) is 129 Å². The molecule has 0 unspecified atom stereocenters. The van der Waals surface area contributed by atoms with E-state index in [0.717, 1.165) is 0 Å². The van der Waals surface area contributed by atoms with Crippen LogP contribution in [0.25, 0.3) is 22.4 Å². The Morgan fingerprint density at radius 3 is 2.93 bits per heavy atom. The molecule has 3 aromatic heterocycles. The number of aromatic nitrogens is 5. The standard InChI is InChI=1S/C18H13FN8/c19-12-3-1-2-10(7-20)15(12)17-25-13-4-5-22-18(16(13)27-17)26-14-6-11(8-21)23-9-24-14/h1-6,9H,8,21H2,(H,25,27)(H,22,23,24,26). The first-order valence-corrected chi connectivity index (χ1v) is 8.01. The van der Waals surface area contributed by atoms with Crippen molar-refractivity contribution in [1.29, 1.82) is 5.26 Å². The molecule has 0 saturated carbocycles. The molecule has 0 amide bonds. The van der Waals surface area contributed by atoms with Gasteiger partial charge in [-0.2, -0.15) is 5.26 Å². The van der Waals surface area contributed by atoms with Gasteiger partial charge in [-0.1, -0.05) is 6.07 Å². The minimum atomic E-state index is -0.529. The Morgan fingerprint density at radius 1 is 1.22 bits per heavy atom. The fourth-order valence-electron chi connectivity index (χ4n) is 2.70. The molecule has 0 spiro atoms. The number of H-pyrrole nitrogens is 1. The second kappa shape index (κ2) is 6.78. The van der Waals surface area contributed by atoms with Crippen LogP contribution in [-0.4, -0.2) is 24.9 Å². The van der Waals surface area contributed by atoms with E-state index in [1.54, 1.807) is 18.3 Å². The third-order valence-electron chi connectivity index (χ3n) is 3.95. The highest BCUT2D eigenvalue weighted by molar-refractivity contribution is 5.90. The van der Waals surface area contributed by atoms with Crippen LogP contribution in [0.5, 0.6) is 0 Å². The number of anilines is 2. The van der Waals surface area contributed by atoms with E-state index in [0.29, 0.717) is 28.4 Å². The summed E-state index contributed by atoms with van der Waals surface area (Å²) in [6, 6.07) is 9.72. The molecule has 132 valence electrons. The van der Waals surface area contributed by atoms with Crippen molar-refractivity contribution in [3.63, 3.8) is 0 Å². The molecule has 4 aromatic rings. The van der Waals surface area contributed by atoms with Crippen molar-refractivity contribution in [2.45, 2.75) is 6.54 Å². The zero-order valence-electron chi connectivity index (χ0n) is 13.9. The van der Waals surface area contributed by atoms with Gasteiger partial charge >= 0.3 is 0 Å². The summed E-state index contributed by atoms with van der Waals surface area (Å²) in [7, 11) is 0. The first-order valence-electron chi connectivity index (χ1n) is 8.01. The van der Waals surface area contributed by atoms with Gasteiger partial charge in [0.2, 0.25) is 0 Å². The number of pyridine rings is 1. The predicted octanol–water partition coefficient (Wildman–Crippen LogP) is 2.63. The number of nitrogens with two attached hydrogens (primary N) is 1. The number of halogens is 1. The molecule has 0 saturated heterocycles. The fourth-order valence-corrected chi connectivity index (χ4v) is 2.70. The second-order valence-corrected chi connectivity index (χ2v) is 5.64. The molecule has 27 heavy (non-hydrogen) atoms. The van der Waals surface area contributed by atoms with E-state index in [1.165, 1.54) is 24.5 Å². The quantitative estimate of drug-likeness (QED) is 0.510. The smallest absolute Gasteiger partial charge is 0.159 e. The summed E-state index contributed by atoms with van der Waals surface area (Å²) in [5, 5.41) is 12.3. The maximum atomic E-state index is 14.3. The summed E-state index contributed by atoms with van der Waals surface area (Å²) in [6.07, 6.45) is 2.99. The summed E-state index contributed by atoms with van der Waals surface area (Å²) in [4.78, 5) is 20.0. The highest BCUT2D eigenvalue weighted by atomic mass is 19.1. The highest BCUT2D eigenvalue weighted by Gasteiger charge is 2.17. The Kier molecular flexibility index (Phi) is 4.16. The van der Waals surface area contributed by atoms with Crippen molar-refractivity contribution >= 4 is 22.7 Å². The van der Waals surface area contributed by atoms with Gasteiger partial charge in [-0.15, -0.1) is 0 Å². The Labute approximate surface area is 152 Å². The third kappa shape index (κ3) is 3.05. The van der Waals surface area contributed by atoms with Gasteiger partial charge in [0.25, 0.3) is 0 Å². The summed E-state index contributed by atoms with van der Waals surface area (Å²) >= 11 is 0. The van der Waals surface area contributed by atoms with Gasteiger partial charge in [-0.05, 0) is 18.2 Å². The molecule has 4 rings (SSSR count). The summed E-state index contributed by atoms with van der Waals surface area (Å²) in [5.74, 6) is 0.671. The Hall–Kier alpha value is -3.90. The number of aromatic amines is 1. The Morgan fingerprint density at radius 2 is 2.11 bits per heavy atom. The van der Waals surface area contributed by atoms with Gasteiger partial charge in [0, 0.05) is 18.8 Å². The number of benzene rings is 1. The second-order valence-electron chi connectivity index (χ2n) is 5.64. The van der Waals surface area contributed by atoms with E-state index in [-0.39, 0.29) is 23.5 Å². The van der Waals surface area contributed by atoms with Gasteiger partial charge in [-0.25, -0.2) is 24.3 Å². The molecule has 0 atom stereocenters. The van der Waals surface area contributed by atoms with Crippen LogP contribution >= 0.6 is 0 Å². The molecule has 0 aliphatic heterocycles. The zero-order valence-corrected chi connectivity index (χ0v) is 13.9. The molecule has 9 heteroatoms. The molecule has 8 nitrogen and oxygen atoms in total. The normalized spacial score (nSPS) is 10.7. The van der Waals surface area contributed by atoms with Gasteiger partial charge in [0.1, 0.15) is 29.3 Å². The van der Waals surface area contributed by atoms with Gasteiger partial charge < -0.3 is 16.0 Å². The average Bonchev–Trinajstić information content (AvgIpc) is 3.12. The van der Waals surface area contributed by atoms with E-state index in [9.17, 15) is 9.65 Å².